The van der Waals surface area contributed by atoms with E-state index in [2.05, 4.69) is 4.98 Å². The van der Waals surface area contributed by atoms with E-state index in [-0.39, 0.29) is 5.82 Å². The van der Waals surface area contributed by atoms with Crippen molar-refractivity contribution in [3.8, 4) is 0 Å². The Hall–Kier alpha value is -1.68. The molecule has 2 N–H and O–H groups in total. The van der Waals surface area contributed by atoms with Crippen LogP contribution in [0.4, 0.5) is 4.39 Å². The predicted octanol–water partition coefficient (Wildman–Crippen LogP) is 1.80. The molecule has 0 radical (unpaired) electrons. The van der Waals surface area contributed by atoms with Crippen molar-refractivity contribution in [2.24, 2.45) is 12.8 Å². The van der Waals surface area contributed by atoms with Crippen LogP contribution >= 0.6 is 0 Å². The Kier molecular flexibility index (Phi) is 3.54. The van der Waals surface area contributed by atoms with Gasteiger partial charge in [-0.15, -0.1) is 0 Å². The van der Waals surface area contributed by atoms with E-state index in [4.69, 9.17) is 5.73 Å². The highest BCUT2D eigenvalue weighted by atomic mass is 19.1. The Balaban J connectivity index is 2.10. The first-order valence-electron chi connectivity index (χ1n) is 5.65. The number of aromatic nitrogens is 2. The third-order valence-corrected chi connectivity index (χ3v) is 2.93. The van der Waals surface area contributed by atoms with Crippen molar-refractivity contribution >= 4 is 0 Å². The summed E-state index contributed by atoms with van der Waals surface area (Å²) in [6, 6.07) is 6.84. The molecular weight excluding hydrogens is 217 g/mol. The summed E-state index contributed by atoms with van der Waals surface area (Å²) in [5.74, 6) is -0.155. The van der Waals surface area contributed by atoms with Gasteiger partial charge in [0, 0.05) is 13.6 Å². The minimum atomic E-state index is -0.155. The van der Waals surface area contributed by atoms with Crippen LogP contribution < -0.4 is 5.73 Å². The molecule has 17 heavy (non-hydrogen) atoms. The summed E-state index contributed by atoms with van der Waals surface area (Å²) in [5.41, 5.74) is 8.35. The summed E-state index contributed by atoms with van der Waals surface area (Å²) in [7, 11) is 1.92. The van der Waals surface area contributed by atoms with Gasteiger partial charge >= 0.3 is 0 Å². The van der Waals surface area contributed by atoms with Crippen LogP contribution in [0.2, 0.25) is 0 Å². The van der Waals surface area contributed by atoms with E-state index in [1.807, 2.05) is 17.7 Å². The molecule has 1 heterocycles. The van der Waals surface area contributed by atoms with Gasteiger partial charge in [-0.2, -0.15) is 0 Å². The van der Waals surface area contributed by atoms with Gasteiger partial charge in [-0.1, -0.05) is 18.2 Å². The van der Waals surface area contributed by atoms with Crippen molar-refractivity contribution in [3.63, 3.8) is 0 Å². The van der Waals surface area contributed by atoms with Gasteiger partial charge in [-0.25, -0.2) is 9.37 Å². The highest BCUT2D eigenvalue weighted by Gasteiger charge is 2.08. The molecule has 1 aromatic carbocycles. The molecule has 0 spiro atoms. The van der Waals surface area contributed by atoms with Crippen LogP contribution in [0.1, 0.15) is 17.0 Å². The van der Waals surface area contributed by atoms with Crippen LogP contribution in [0.3, 0.4) is 0 Å². The summed E-state index contributed by atoms with van der Waals surface area (Å²) in [6.07, 6.45) is 3.11. The average molecular weight is 233 g/mol. The molecule has 0 saturated carbocycles. The molecule has 0 atom stereocenters. The number of imidazole rings is 1. The van der Waals surface area contributed by atoms with Gasteiger partial charge in [0.15, 0.2) is 0 Å². The number of nitrogens with zero attached hydrogens (tertiary/aromatic N) is 2. The molecule has 2 rings (SSSR count). The zero-order chi connectivity index (χ0) is 12.3. The van der Waals surface area contributed by atoms with Gasteiger partial charge in [0.1, 0.15) is 5.82 Å². The maximum atomic E-state index is 13.4. The fraction of sp³-hybridized carbons (Fsp3) is 0.308. The summed E-state index contributed by atoms with van der Waals surface area (Å²) >= 11 is 0. The number of benzene rings is 1. The Morgan fingerprint density at radius 1 is 1.29 bits per heavy atom. The summed E-state index contributed by atoms with van der Waals surface area (Å²) in [5, 5.41) is 0. The molecule has 0 aliphatic heterocycles. The number of hydrogen-bond acceptors (Lipinski definition) is 2. The Morgan fingerprint density at radius 3 is 2.76 bits per heavy atom. The van der Waals surface area contributed by atoms with Crippen LogP contribution in [0.5, 0.6) is 0 Å². The molecule has 0 aliphatic carbocycles. The fourth-order valence-electron chi connectivity index (χ4n) is 1.93. The van der Waals surface area contributed by atoms with E-state index in [0.29, 0.717) is 19.4 Å². The molecule has 1 aromatic heterocycles. The molecule has 3 nitrogen and oxygen atoms in total. The van der Waals surface area contributed by atoms with Crippen LogP contribution in [0, 0.1) is 5.82 Å². The standard InChI is InChI=1S/C13H16FN3/c1-17-9-16-12(13(17)8-15)7-6-10-4-2-3-5-11(10)14/h2-5,9H,6-8,15H2,1H3. The number of rotatable bonds is 4. The van der Waals surface area contributed by atoms with Crippen molar-refractivity contribution in [2.75, 3.05) is 0 Å². The van der Waals surface area contributed by atoms with E-state index in [9.17, 15) is 4.39 Å². The zero-order valence-corrected chi connectivity index (χ0v) is 9.86. The Bertz CT molecular complexity index is 505. The maximum Gasteiger partial charge on any atom is 0.126 e. The molecular formula is C13H16FN3. The zero-order valence-electron chi connectivity index (χ0n) is 9.86. The maximum absolute atomic E-state index is 13.4. The third-order valence-electron chi connectivity index (χ3n) is 2.93. The molecule has 0 fully saturated rings. The van der Waals surface area contributed by atoms with Gasteiger partial charge in [-0.3, -0.25) is 0 Å². The minimum Gasteiger partial charge on any atom is -0.336 e. The molecule has 0 amide bonds. The number of aryl methyl sites for hydroxylation is 3. The highest BCUT2D eigenvalue weighted by Crippen LogP contribution is 2.12. The second-order valence-corrected chi connectivity index (χ2v) is 4.04. The third kappa shape index (κ3) is 2.53. The second-order valence-electron chi connectivity index (χ2n) is 4.04. The first-order valence-corrected chi connectivity index (χ1v) is 5.65. The van der Waals surface area contributed by atoms with E-state index in [1.54, 1.807) is 18.5 Å². The van der Waals surface area contributed by atoms with Crippen LogP contribution in [-0.4, -0.2) is 9.55 Å². The molecule has 0 bridgehead atoms. The summed E-state index contributed by atoms with van der Waals surface area (Å²) in [6.45, 7) is 0.461. The van der Waals surface area contributed by atoms with Crippen molar-refractivity contribution in [2.45, 2.75) is 19.4 Å². The van der Waals surface area contributed by atoms with Gasteiger partial charge in [0.05, 0.1) is 17.7 Å². The molecule has 0 aliphatic rings. The quantitative estimate of drug-likeness (QED) is 0.875. The van der Waals surface area contributed by atoms with Gasteiger partial charge in [-0.05, 0) is 24.5 Å². The van der Waals surface area contributed by atoms with E-state index >= 15 is 0 Å². The van der Waals surface area contributed by atoms with Gasteiger partial charge in [0.2, 0.25) is 0 Å². The van der Waals surface area contributed by atoms with Crippen molar-refractivity contribution in [3.05, 3.63) is 53.4 Å². The van der Waals surface area contributed by atoms with E-state index in [0.717, 1.165) is 17.0 Å². The second kappa shape index (κ2) is 5.10. The molecule has 90 valence electrons. The summed E-state index contributed by atoms with van der Waals surface area (Å²) < 4.78 is 15.3. The monoisotopic (exact) mass is 233 g/mol. The number of hydrogen-bond donors (Lipinski definition) is 1. The number of halogens is 1. The van der Waals surface area contributed by atoms with Crippen LogP contribution in [0.25, 0.3) is 0 Å². The van der Waals surface area contributed by atoms with Crippen LogP contribution in [-0.2, 0) is 26.4 Å². The molecule has 0 saturated heterocycles. The summed E-state index contributed by atoms with van der Waals surface area (Å²) in [4.78, 5) is 4.29. The first kappa shape index (κ1) is 11.8. The lowest BCUT2D eigenvalue weighted by atomic mass is 10.1. The lowest BCUT2D eigenvalue weighted by molar-refractivity contribution is 0.608. The van der Waals surface area contributed by atoms with Crippen LogP contribution in [0.15, 0.2) is 30.6 Å². The van der Waals surface area contributed by atoms with E-state index in [1.165, 1.54) is 6.07 Å². The number of nitrogens with two attached hydrogens (primary N) is 1. The topological polar surface area (TPSA) is 43.8 Å². The normalized spacial score (nSPS) is 10.8. The average Bonchev–Trinajstić information content (AvgIpc) is 2.69. The van der Waals surface area contributed by atoms with Gasteiger partial charge < -0.3 is 10.3 Å². The largest absolute Gasteiger partial charge is 0.336 e. The SMILES string of the molecule is Cn1cnc(CCc2ccccc2F)c1CN. The molecule has 4 heteroatoms. The van der Waals surface area contributed by atoms with Crippen molar-refractivity contribution in [1.29, 1.82) is 0 Å². The Labute approximate surface area is 100 Å². The predicted molar refractivity (Wildman–Crippen MR) is 64.9 cm³/mol. The van der Waals surface area contributed by atoms with Crippen molar-refractivity contribution < 1.29 is 4.39 Å². The van der Waals surface area contributed by atoms with Gasteiger partial charge in [0.25, 0.3) is 0 Å². The fourth-order valence-corrected chi connectivity index (χ4v) is 1.93. The first-order chi connectivity index (χ1) is 8.22. The lowest BCUT2D eigenvalue weighted by Gasteiger charge is -2.04. The Morgan fingerprint density at radius 2 is 2.06 bits per heavy atom. The molecule has 2 aromatic rings. The van der Waals surface area contributed by atoms with Crippen molar-refractivity contribution in [1.82, 2.24) is 9.55 Å². The van der Waals surface area contributed by atoms with E-state index < -0.39 is 0 Å². The smallest absolute Gasteiger partial charge is 0.126 e. The highest BCUT2D eigenvalue weighted by molar-refractivity contribution is 5.20. The lowest BCUT2D eigenvalue weighted by Crippen LogP contribution is -2.07. The molecule has 0 unspecified atom stereocenters. The minimum absolute atomic E-state index is 0.155.